The van der Waals surface area contributed by atoms with E-state index in [1.165, 1.54) is 6.39 Å². The van der Waals surface area contributed by atoms with Crippen LogP contribution in [0.1, 0.15) is 18.7 Å². The van der Waals surface area contributed by atoms with E-state index in [9.17, 15) is 4.79 Å². The van der Waals surface area contributed by atoms with Gasteiger partial charge in [-0.1, -0.05) is 18.2 Å². The van der Waals surface area contributed by atoms with E-state index in [1.807, 2.05) is 37.3 Å². The number of aromatic nitrogens is 4. The second kappa shape index (κ2) is 8.59. The van der Waals surface area contributed by atoms with Gasteiger partial charge in [-0.3, -0.25) is 4.79 Å². The van der Waals surface area contributed by atoms with Crippen molar-refractivity contribution in [2.45, 2.75) is 13.0 Å². The molecule has 0 bridgehead atoms. The molecule has 3 N–H and O–H groups in total. The Labute approximate surface area is 201 Å². The summed E-state index contributed by atoms with van der Waals surface area (Å²) in [4.78, 5) is 33.6. The molecule has 1 fully saturated rings. The molecule has 6 rings (SSSR count). The third-order valence-corrected chi connectivity index (χ3v) is 6.75. The van der Waals surface area contributed by atoms with Crippen LogP contribution in [-0.2, 0) is 0 Å². The largest absolute Gasteiger partial charge is 0.451 e. The molecule has 1 saturated heterocycles. The molecule has 0 radical (unpaired) electrons. The van der Waals surface area contributed by atoms with Gasteiger partial charge in [-0.05, 0) is 38.2 Å². The SMILES string of the molecule is C[C@H](Nc1c(-c2nc3ccc(N4CCN(C)CC4)cc3[nH]2)c(=O)[nH]c2ccccc12)c1cocn1. The highest BCUT2D eigenvalue weighted by Gasteiger charge is 2.21. The van der Waals surface area contributed by atoms with Gasteiger partial charge < -0.3 is 29.5 Å². The van der Waals surface area contributed by atoms with Crippen molar-refractivity contribution in [2.75, 3.05) is 43.4 Å². The first-order valence-corrected chi connectivity index (χ1v) is 11.8. The maximum Gasteiger partial charge on any atom is 0.261 e. The molecule has 0 unspecified atom stereocenters. The van der Waals surface area contributed by atoms with Gasteiger partial charge in [-0.25, -0.2) is 9.97 Å². The number of nitrogens with zero attached hydrogens (tertiary/aromatic N) is 4. The molecule has 178 valence electrons. The summed E-state index contributed by atoms with van der Waals surface area (Å²) in [6.07, 6.45) is 3.01. The normalized spacial score (nSPS) is 15.7. The fourth-order valence-electron chi connectivity index (χ4n) is 4.72. The van der Waals surface area contributed by atoms with Crippen LogP contribution in [0.3, 0.4) is 0 Å². The number of H-pyrrole nitrogens is 2. The van der Waals surface area contributed by atoms with Crippen molar-refractivity contribution in [3.63, 3.8) is 0 Å². The number of oxazole rings is 1. The van der Waals surface area contributed by atoms with Crippen molar-refractivity contribution in [2.24, 2.45) is 0 Å². The van der Waals surface area contributed by atoms with E-state index in [0.29, 0.717) is 17.1 Å². The summed E-state index contributed by atoms with van der Waals surface area (Å²) in [5, 5.41) is 4.39. The molecule has 2 aromatic carbocycles. The van der Waals surface area contributed by atoms with Crippen molar-refractivity contribution < 1.29 is 4.42 Å². The smallest absolute Gasteiger partial charge is 0.261 e. The zero-order valence-electron chi connectivity index (χ0n) is 19.7. The lowest BCUT2D eigenvalue weighted by Crippen LogP contribution is -2.44. The summed E-state index contributed by atoms with van der Waals surface area (Å²) < 4.78 is 5.16. The number of piperazine rings is 1. The molecule has 0 aliphatic carbocycles. The Bertz CT molecular complexity index is 1550. The predicted molar refractivity (Wildman–Crippen MR) is 138 cm³/mol. The number of hydrogen-bond acceptors (Lipinski definition) is 7. The first-order chi connectivity index (χ1) is 17.1. The predicted octanol–water partition coefficient (Wildman–Crippen LogP) is 3.98. The Morgan fingerprint density at radius 1 is 1.06 bits per heavy atom. The fourth-order valence-corrected chi connectivity index (χ4v) is 4.72. The highest BCUT2D eigenvalue weighted by molar-refractivity contribution is 5.99. The van der Waals surface area contributed by atoms with Gasteiger partial charge in [0.15, 0.2) is 6.39 Å². The quantitative estimate of drug-likeness (QED) is 0.357. The van der Waals surface area contributed by atoms with Crippen LogP contribution in [0.15, 0.2) is 64.3 Å². The van der Waals surface area contributed by atoms with Gasteiger partial charge in [0.2, 0.25) is 0 Å². The number of likely N-dealkylation sites (N-methyl/N-ethyl adjacent to an activating group) is 1. The Balaban J connectivity index is 1.45. The summed E-state index contributed by atoms with van der Waals surface area (Å²) in [7, 11) is 2.15. The highest BCUT2D eigenvalue weighted by Crippen LogP contribution is 2.33. The second-order valence-electron chi connectivity index (χ2n) is 9.11. The molecule has 0 spiro atoms. The minimum Gasteiger partial charge on any atom is -0.451 e. The average molecular weight is 470 g/mol. The van der Waals surface area contributed by atoms with Crippen LogP contribution in [0.2, 0.25) is 0 Å². The third-order valence-electron chi connectivity index (χ3n) is 6.75. The van der Waals surface area contributed by atoms with Crippen molar-refractivity contribution in [1.29, 1.82) is 0 Å². The Kier molecular flexibility index (Phi) is 5.26. The number of imidazole rings is 1. The van der Waals surface area contributed by atoms with Gasteiger partial charge in [0.1, 0.15) is 23.3 Å². The first kappa shape index (κ1) is 21.4. The lowest BCUT2D eigenvalue weighted by atomic mass is 10.1. The number of fused-ring (bicyclic) bond motifs is 2. The number of para-hydroxylation sites is 1. The molecule has 3 aromatic heterocycles. The van der Waals surface area contributed by atoms with Crippen LogP contribution in [0.25, 0.3) is 33.3 Å². The van der Waals surface area contributed by atoms with Crippen LogP contribution in [-0.4, -0.2) is 58.1 Å². The summed E-state index contributed by atoms with van der Waals surface area (Å²) in [6.45, 7) is 6.04. The highest BCUT2D eigenvalue weighted by atomic mass is 16.3. The van der Waals surface area contributed by atoms with Gasteiger partial charge in [-0.15, -0.1) is 0 Å². The number of benzene rings is 2. The number of hydrogen-bond donors (Lipinski definition) is 3. The zero-order chi connectivity index (χ0) is 23.9. The molecule has 35 heavy (non-hydrogen) atoms. The van der Waals surface area contributed by atoms with E-state index in [1.54, 1.807) is 6.26 Å². The molecule has 9 nitrogen and oxygen atoms in total. The molecule has 1 aliphatic rings. The van der Waals surface area contributed by atoms with E-state index in [0.717, 1.165) is 59.5 Å². The molecule has 0 amide bonds. The van der Waals surface area contributed by atoms with Gasteiger partial charge in [0.25, 0.3) is 5.56 Å². The molecular formula is C26H27N7O2. The number of aromatic amines is 2. The van der Waals surface area contributed by atoms with Crippen LogP contribution in [0, 0.1) is 0 Å². The van der Waals surface area contributed by atoms with Crippen LogP contribution in [0.4, 0.5) is 11.4 Å². The maximum absolute atomic E-state index is 13.3. The summed E-state index contributed by atoms with van der Waals surface area (Å²) in [6, 6.07) is 13.8. The summed E-state index contributed by atoms with van der Waals surface area (Å²) in [5.74, 6) is 0.525. The van der Waals surface area contributed by atoms with Gasteiger partial charge >= 0.3 is 0 Å². The number of rotatable bonds is 5. The molecule has 1 atom stereocenters. The van der Waals surface area contributed by atoms with E-state index in [2.05, 4.69) is 49.2 Å². The molecular weight excluding hydrogens is 442 g/mol. The molecule has 9 heteroatoms. The summed E-state index contributed by atoms with van der Waals surface area (Å²) >= 11 is 0. The van der Waals surface area contributed by atoms with Crippen molar-refractivity contribution >= 4 is 33.3 Å². The van der Waals surface area contributed by atoms with Crippen molar-refractivity contribution in [3.8, 4) is 11.4 Å². The monoisotopic (exact) mass is 469 g/mol. The zero-order valence-corrected chi connectivity index (χ0v) is 19.7. The van der Waals surface area contributed by atoms with E-state index in [-0.39, 0.29) is 11.6 Å². The Hall–Kier alpha value is -4.11. The molecule has 5 aromatic rings. The Morgan fingerprint density at radius 3 is 2.69 bits per heavy atom. The van der Waals surface area contributed by atoms with E-state index < -0.39 is 0 Å². The van der Waals surface area contributed by atoms with Crippen LogP contribution >= 0.6 is 0 Å². The summed E-state index contributed by atoms with van der Waals surface area (Å²) in [5.41, 5.74) is 5.35. The lowest BCUT2D eigenvalue weighted by molar-refractivity contribution is 0.313. The minimum atomic E-state index is -0.211. The van der Waals surface area contributed by atoms with Crippen molar-refractivity contribution in [3.05, 3.63) is 71.2 Å². The average Bonchev–Trinajstić information content (AvgIpc) is 3.54. The maximum atomic E-state index is 13.3. The first-order valence-electron chi connectivity index (χ1n) is 11.8. The number of nitrogens with one attached hydrogen (secondary N) is 3. The van der Waals surface area contributed by atoms with Crippen molar-refractivity contribution in [1.82, 2.24) is 24.8 Å². The fraction of sp³-hybridized carbons (Fsp3) is 0.269. The topological polar surface area (TPSA) is 106 Å². The Morgan fingerprint density at radius 2 is 1.89 bits per heavy atom. The minimum absolute atomic E-state index is 0.175. The third kappa shape index (κ3) is 3.93. The molecule has 4 heterocycles. The van der Waals surface area contributed by atoms with E-state index in [4.69, 9.17) is 9.40 Å². The van der Waals surface area contributed by atoms with E-state index >= 15 is 0 Å². The van der Waals surface area contributed by atoms with Crippen LogP contribution in [0.5, 0.6) is 0 Å². The second-order valence-corrected chi connectivity index (χ2v) is 9.11. The standard InChI is InChI=1S/C26H27N7O2/c1-16(22-14-35-15-27-22)28-24-18-5-3-4-6-19(18)31-26(34)23(24)25-29-20-8-7-17(13-21(20)30-25)33-11-9-32(2)10-12-33/h3-8,13-16H,9-12H2,1-2H3,(H,29,30)(H2,28,31,34)/t16-/m0/s1. The number of anilines is 2. The molecule has 0 saturated carbocycles. The van der Waals surface area contributed by atoms with Gasteiger partial charge in [0.05, 0.1) is 28.3 Å². The lowest BCUT2D eigenvalue weighted by Gasteiger charge is -2.34. The van der Waals surface area contributed by atoms with Crippen LogP contribution < -0.4 is 15.8 Å². The van der Waals surface area contributed by atoms with Gasteiger partial charge in [0, 0.05) is 37.3 Å². The molecule has 1 aliphatic heterocycles. The van der Waals surface area contributed by atoms with Gasteiger partial charge in [-0.2, -0.15) is 0 Å². The number of pyridine rings is 1.